The van der Waals surface area contributed by atoms with Crippen LogP contribution in [0.15, 0.2) is 47.5 Å². The number of para-hydroxylation sites is 1. The van der Waals surface area contributed by atoms with E-state index in [1.165, 1.54) is 11.8 Å². The zero-order valence-corrected chi connectivity index (χ0v) is 16.2. The van der Waals surface area contributed by atoms with Gasteiger partial charge in [0.15, 0.2) is 0 Å². The van der Waals surface area contributed by atoms with E-state index in [-0.39, 0.29) is 5.91 Å². The third kappa shape index (κ3) is 4.17. The van der Waals surface area contributed by atoms with Crippen molar-refractivity contribution in [1.82, 2.24) is 4.98 Å². The summed E-state index contributed by atoms with van der Waals surface area (Å²) in [6.45, 7) is 6.09. The molecular weight excluding hydrogens is 344 g/mol. The van der Waals surface area contributed by atoms with E-state index in [4.69, 9.17) is 4.74 Å². The van der Waals surface area contributed by atoms with E-state index in [2.05, 4.69) is 16.4 Å². The number of hydrogen-bond acceptors (Lipinski definition) is 4. The molecule has 0 spiro atoms. The molecule has 0 fully saturated rings. The van der Waals surface area contributed by atoms with Gasteiger partial charge in [-0.2, -0.15) is 0 Å². The number of nitrogens with zero attached hydrogens (tertiary/aromatic N) is 1. The first-order chi connectivity index (χ1) is 12.5. The topological polar surface area (TPSA) is 51.2 Å². The molecule has 0 unspecified atom stereocenters. The van der Waals surface area contributed by atoms with Gasteiger partial charge in [0.2, 0.25) is 5.91 Å². The third-order valence-corrected chi connectivity index (χ3v) is 4.97. The normalized spacial score (nSPS) is 10.8. The lowest BCUT2D eigenvalue weighted by Gasteiger charge is -2.10. The predicted octanol–water partition coefficient (Wildman–Crippen LogP) is 4.90. The number of hydrogen-bond donors (Lipinski definition) is 1. The van der Waals surface area contributed by atoms with Crippen molar-refractivity contribution in [3.63, 3.8) is 0 Å². The second-order valence-electron chi connectivity index (χ2n) is 6.35. The van der Waals surface area contributed by atoms with Crippen LogP contribution in [-0.4, -0.2) is 23.8 Å². The van der Waals surface area contributed by atoms with Crippen LogP contribution in [0.4, 0.5) is 5.69 Å². The Hall–Kier alpha value is -2.53. The van der Waals surface area contributed by atoms with E-state index in [1.807, 2.05) is 57.2 Å². The monoisotopic (exact) mass is 366 g/mol. The Morgan fingerprint density at radius 2 is 1.85 bits per heavy atom. The van der Waals surface area contributed by atoms with Gasteiger partial charge in [0, 0.05) is 11.1 Å². The average Bonchev–Trinajstić information content (AvgIpc) is 2.58. The van der Waals surface area contributed by atoms with Crippen LogP contribution >= 0.6 is 11.8 Å². The van der Waals surface area contributed by atoms with E-state index in [0.29, 0.717) is 5.75 Å². The van der Waals surface area contributed by atoms with Crippen LogP contribution in [-0.2, 0) is 4.79 Å². The molecule has 2 aromatic carbocycles. The molecule has 5 heteroatoms. The molecule has 0 saturated heterocycles. The van der Waals surface area contributed by atoms with Crippen molar-refractivity contribution in [2.45, 2.75) is 25.8 Å². The number of rotatable bonds is 5. The number of aromatic nitrogens is 1. The zero-order chi connectivity index (χ0) is 18.7. The van der Waals surface area contributed by atoms with Crippen molar-refractivity contribution in [1.29, 1.82) is 0 Å². The zero-order valence-electron chi connectivity index (χ0n) is 15.4. The highest BCUT2D eigenvalue weighted by Crippen LogP contribution is 2.29. The summed E-state index contributed by atoms with van der Waals surface area (Å²) >= 11 is 1.43. The highest BCUT2D eigenvalue weighted by molar-refractivity contribution is 7.99. The molecule has 1 amide bonds. The van der Waals surface area contributed by atoms with Crippen molar-refractivity contribution in [2.24, 2.45) is 0 Å². The van der Waals surface area contributed by atoms with Crippen molar-refractivity contribution < 1.29 is 9.53 Å². The molecule has 4 nitrogen and oxygen atoms in total. The summed E-state index contributed by atoms with van der Waals surface area (Å²) in [6.07, 6.45) is 0. The maximum atomic E-state index is 12.3. The van der Waals surface area contributed by atoms with Crippen LogP contribution in [0.25, 0.3) is 10.9 Å². The van der Waals surface area contributed by atoms with Crippen molar-refractivity contribution in [3.8, 4) is 5.75 Å². The van der Waals surface area contributed by atoms with Crippen LogP contribution in [0, 0.1) is 20.8 Å². The van der Waals surface area contributed by atoms with E-state index in [0.717, 1.165) is 44.1 Å². The lowest BCUT2D eigenvalue weighted by atomic mass is 10.1. The molecule has 0 aliphatic heterocycles. The maximum Gasteiger partial charge on any atom is 0.234 e. The summed E-state index contributed by atoms with van der Waals surface area (Å²) in [7, 11) is 1.64. The third-order valence-electron chi connectivity index (χ3n) is 4.06. The number of benzene rings is 2. The fourth-order valence-electron chi connectivity index (χ4n) is 2.98. The number of anilines is 1. The molecule has 1 N–H and O–H groups in total. The van der Waals surface area contributed by atoms with Crippen molar-refractivity contribution >= 4 is 34.3 Å². The molecular formula is C21H22N2O2S. The largest absolute Gasteiger partial charge is 0.494 e. The molecule has 0 saturated carbocycles. The highest BCUT2D eigenvalue weighted by Gasteiger charge is 2.10. The number of thioether (sulfide) groups is 1. The van der Waals surface area contributed by atoms with Gasteiger partial charge in [0.05, 0.1) is 17.9 Å². The molecule has 3 aromatic rings. The number of aryl methyl sites for hydroxylation is 3. The van der Waals surface area contributed by atoms with Gasteiger partial charge < -0.3 is 10.1 Å². The minimum atomic E-state index is -0.0421. The summed E-state index contributed by atoms with van der Waals surface area (Å²) in [4.78, 5) is 17.0. The maximum absolute atomic E-state index is 12.3. The van der Waals surface area contributed by atoms with E-state index in [1.54, 1.807) is 7.11 Å². The van der Waals surface area contributed by atoms with Gasteiger partial charge in [-0.05, 0) is 61.7 Å². The Morgan fingerprint density at radius 3 is 2.54 bits per heavy atom. The lowest BCUT2D eigenvalue weighted by Crippen LogP contribution is -2.14. The number of fused-ring (bicyclic) bond motifs is 1. The summed E-state index contributed by atoms with van der Waals surface area (Å²) in [5.41, 5.74) is 5.04. The summed E-state index contributed by atoms with van der Waals surface area (Å²) in [6, 6.07) is 13.9. The minimum absolute atomic E-state index is 0.0421. The minimum Gasteiger partial charge on any atom is -0.494 e. The van der Waals surface area contributed by atoms with E-state index in [9.17, 15) is 4.79 Å². The molecule has 0 bridgehead atoms. The van der Waals surface area contributed by atoms with Crippen molar-refractivity contribution in [2.75, 3.05) is 18.2 Å². The van der Waals surface area contributed by atoms with E-state index >= 15 is 0 Å². The molecule has 0 aliphatic carbocycles. The number of pyridine rings is 1. The van der Waals surface area contributed by atoms with Gasteiger partial charge in [0.25, 0.3) is 0 Å². The number of methoxy groups -OCH3 is 1. The average molecular weight is 366 g/mol. The summed E-state index contributed by atoms with van der Waals surface area (Å²) in [5.74, 6) is 1.01. The Bertz CT molecular complexity index is 949. The van der Waals surface area contributed by atoms with Crippen LogP contribution in [0.3, 0.4) is 0 Å². The fraction of sp³-hybridized carbons (Fsp3) is 0.238. The van der Waals surface area contributed by atoms with Gasteiger partial charge in [-0.3, -0.25) is 4.79 Å². The fourth-order valence-corrected chi connectivity index (χ4v) is 3.75. The number of nitrogens with one attached hydrogen (secondary N) is 1. The number of ether oxygens (including phenoxy) is 1. The first-order valence-corrected chi connectivity index (χ1v) is 9.40. The van der Waals surface area contributed by atoms with Gasteiger partial charge in [0.1, 0.15) is 11.3 Å². The molecule has 1 heterocycles. The smallest absolute Gasteiger partial charge is 0.234 e. The lowest BCUT2D eigenvalue weighted by molar-refractivity contribution is -0.113. The summed E-state index contributed by atoms with van der Waals surface area (Å²) < 4.78 is 5.41. The van der Waals surface area contributed by atoms with Gasteiger partial charge >= 0.3 is 0 Å². The molecule has 134 valence electrons. The molecule has 0 aliphatic rings. The Kier molecular flexibility index (Phi) is 5.47. The highest BCUT2D eigenvalue weighted by atomic mass is 32.2. The first-order valence-electron chi connectivity index (χ1n) is 8.41. The molecule has 0 radical (unpaired) electrons. The molecule has 3 rings (SSSR count). The Labute approximate surface area is 158 Å². The predicted molar refractivity (Wildman–Crippen MR) is 108 cm³/mol. The number of carbonyl (C=O) groups is 1. The first kappa shape index (κ1) is 18.3. The Morgan fingerprint density at radius 1 is 1.12 bits per heavy atom. The van der Waals surface area contributed by atoms with Crippen LogP contribution < -0.4 is 10.1 Å². The standard InChI is InChI=1S/C21H22N2O2S/c1-13-8-14(2)10-16(9-13)22-19(24)12-26-20-11-15(3)17-6-5-7-18(25-4)21(17)23-20/h5-11H,12H2,1-4H3,(H,22,24). The molecule has 1 aromatic heterocycles. The second-order valence-corrected chi connectivity index (χ2v) is 7.34. The quantitative estimate of drug-likeness (QED) is 0.653. The van der Waals surface area contributed by atoms with Crippen LogP contribution in [0.5, 0.6) is 5.75 Å². The van der Waals surface area contributed by atoms with Gasteiger partial charge in [-0.1, -0.05) is 30.0 Å². The van der Waals surface area contributed by atoms with E-state index < -0.39 is 0 Å². The Balaban J connectivity index is 1.74. The van der Waals surface area contributed by atoms with Crippen molar-refractivity contribution in [3.05, 3.63) is 59.2 Å². The number of carbonyl (C=O) groups excluding carboxylic acids is 1. The second kappa shape index (κ2) is 7.79. The van der Waals surface area contributed by atoms with Crippen LogP contribution in [0.1, 0.15) is 16.7 Å². The number of amides is 1. The van der Waals surface area contributed by atoms with Gasteiger partial charge in [-0.15, -0.1) is 0 Å². The molecule has 0 atom stereocenters. The van der Waals surface area contributed by atoms with Crippen LogP contribution in [0.2, 0.25) is 0 Å². The summed E-state index contributed by atoms with van der Waals surface area (Å²) in [5, 5.41) is 4.83. The SMILES string of the molecule is COc1cccc2c(C)cc(SCC(=O)Nc3cc(C)cc(C)c3)nc12. The van der Waals surface area contributed by atoms with Gasteiger partial charge in [-0.25, -0.2) is 4.98 Å². The molecule has 26 heavy (non-hydrogen) atoms.